The normalized spacial score (nSPS) is 10.8. The van der Waals surface area contributed by atoms with Crippen molar-refractivity contribution in [2.75, 3.05) is 5.32 Å². The molecule has 0 saturated carbocycles. The number of para-hydroxylation sites is 4. The van der Waals surface area contributed by atoms with E-state index in [0.29, 0.717) is 0 Å². The topological polar surface area (TPSA) is 47.0 Å². The fourth-order valence-corrected chi connectivity index (χ4v) is 1.83. The second-order valence-corrected chi connectivity index (χ2v) is 4.12. The Hall–Kier alpha value is -2.88. The molecule has 98 valence electrons. The average Bonchev–Trinajstić information content (AvgIpc) is 2.55. The maximum absolute atomic E-state index is 5.71. The number of nitrogens with one attached hydrogen (secondary N) is 1. The van der Waals surface area contributed by atoms with E-state index >= 15 is 0 Å². The van der Waals surface area contributed by atoms with Crippen LogP contribution in [0.2, 0.25) is 0 Å². The lowest BCUT2D eigenvalue weighted by Crippen LogP contribution is -2.01. The molecule has 0 atom stereocenters. The summed E-state index contributed by atoms with van der Waals surface area (Å²) < 4.78 is 5.71. The first-order chi connectivity index (χ1) is 9.93. The Kier molecular flexibility index (Phi) is 3.55. The van der Waals surface area contributed by atoms with Crippen molar-refractivity contribution in [2.24, 2.45) is 0 Å². The van der Waals surface area contributed by atoms with Gasteiger partial charge in [-0.2, -0.15) is 0 Å². The second kappa shape index (κ2) is 5.84. The molecule has 2 aromatic carbocycles. The van der Waals surface area contributed by atoms with Gasteiger partial charge in [-0.1, -0.05) is 24.3 Å². The first-order valence-corrected chi connectivity index (χ1v) is 6.26. The molecule has 0 fully saturated rings. The molecule has 1 aliphatic heterocycles. The molecule has 0 saturated heterocycles. The molecular formula is C16H13N3O. The second-order valence-electron chi connectivity index (χ2n) is 4.12. The van der Waals surface area contributed by atoms with E-state index in [4.69, 9.17) is 4.74 Å². The van der Waals surface area contributed by atoms with E-state index in [1.165, 1.54) is 6.33 Å². The molecule has 0 aliphatic carbocycles. The summed E-state index contributed by atoms with van der Waals surface area (Å²) in [5.74, 6) is 1.76. The van der Waals surface area contributed by atoms with Crippen molar-refractivity contribution < 1.29 is 4.74 Å². The monoisotopic (exact) mass is 263 g/mol. The molecule has 0 radical (unpaired) electrons. The van der Waals surface area contributed by atoms with Crippen LogP contribution in [0.5, 0.6) is 11.5 Å². The molecule has 1 aliphatic rings. The van der Waals surface area contributed by atoms with Crippen molar-refractivity contribution in [3.63, 3.8) is 0 Å². The summed E-state index contributed by atoms with van der Waals surface area (Å²) in [6, 6.07) is 17.6. The van der Waals surface area contributed by atoms with Crippen molar-refractivity contribution in [3.05, 3.63) is 73.3 Å². The Bertz CT molecular complexity index is 572. The van der Waals surface area contributed by atoms with Crippen molar-refractivity contribution in [1.82, 2.24) is 9.97 Å². The zero-order chi connectivity index (χ0) is 13.6. The fraction of sp³-hybridized carbons (Fsp3) is 0. The lowest BCUT2D eigenvalue weighted by atomic mass is 10.2. The van der Waals surface area contributed by atoms with E-state index in [0.717, 1.165) is 22.9 Å². The predicted molar refractivity (Wildman–Crippen MR) is 78.3 cm³/mol. The van der Waals surface area contributed by atoms with Crippen LogP contribution in [0.3, 0.4) is 0 Å². The highest BCUT2D eigenvalue weighted by molar-refractivity contribution is 5.75. The van der Waals surface area contributed by atoms with Gasteiger partial charge in [-0.3, -0.25) is 0 Å². The highest BCUT2D eigenvalue weighted by atomic mass is 16.5. The Balaban J connectivity index is 0.000000170. The minimum Gasteiger partial charge on any atom is -0.453 e. The van der Waals surface area contributed by atoms with E-state index in [-0.39, 0.29) is 0 Å². The third-order valence-electron chi connectivity index (χ3n) is 2.74. The van der Waals surface area contributed by atoms with Crippen LogP contribution in [0.4, 0.5) is 11.4 Å². The quantitative estimate of drug-likeness (QED) is 0.520. The minimum atomic E-state index is 0.881. The lowest BCUT2D eigenvalue weighted by molar-refractivity contribution is 0.481. The van der Waals surface area contributed by atoms with Gasteiger partial charge in [-0.05, 0) is 30.3 Å². The predicted octanol–water partition coefficient (Wildman–Crippen LogP) is 4.01. The average molecular weight is 263 g/mol. The van der Waals surface area contributed by atoms with Crippen LogP contribution >= 0.6 is 0 Å². The number of anilines is 2. The van der Waals surface area contributed by atoms with Crippen LogP contribution in [-0.4, -0.2) is 9.97 Å². The first kappa shape index (κ1) is 12.2. The van der Waals surface area contributed by atoms with Gasteiger partial charge in [0.25, 0.3) is 0 Å². The summed E-state index contributed by atoms with van der Waals surface area (Å²) in [7, 11) is 0. The zero-order valence-electron chi connectivity index (χ0n) is 10.7. The van der Waals surface area contributed by atoms with Crippen molar-refractivity contribution in [2.45, 2.75) is 0 Å². The summed E-state index contributed by atoms with van der Waals surface area (Å²) >= 11 is 0. The van der Waals surface area contributed by atoms with Gasteiger partial charge in [-0.25, -0.2) is 9.97 Å². The lowest BCUT2D eigenvalue weighted by Gasteiger charge is -2.20. The standard InChI is InChI=1S/C12H9NO.C4H4N2/c1-3-7-11-9(5-1)13-10-6-2-4-8-12(10)14-11;1-2-5-4-6-3-1/h1-8,13H;1-4H. The Morgan fingerprint density at radius 2 is 1.25 bits per heavy atom. The maximum atomic E-state index is 5.71. The highest BCUT2D eigenvalue weighted by Gasteiger charge is 2.13. The Morgan fingerprint density at radius 3 is 1.70 bits per heavy atom. The fourth-order valence-electron chi connectivity index (χ4n) is 1.83. The molecule has 1 N–H and O–H groups in total. The van der Waals surface area contributed by atoms with Gasteiger partial charge in [0.2, 0.25) is 0 Å². The third-order valence-corrected chi connectivity index (χ3v) is 2.74. The number of rotatable bonds is 0. The van der Waals surface area contributed by atoms with Crippen LogP contribution in [0.15, 0.2) is 73.3 Å². The van der Waals surface area contributed by atoms with E-state index in [2.05, 4.69) is 15.3 Å². The molecule has 1 aromatic heterocycles. The van der Waals surface area contributed by atoms with Gasteiger partial charge < -0.3 is 10.1 Å². The number of benzene rings is 2. The van der Waals surface area contributed by atoms with Crippen LogP contribution < -0.4 is 10.1 Å². The summed E-state index contributed by atoms with van der Waals surface area (Å²) in [5, 5.41) is 3.32. The number of nitrogens with zero attached hydrogens (tertiary/aromatic N) is 2. The smallest absolute Gasteiger partial charge is 0.150 e. The number of hydrogen-bond acceptors (Lipinski definition) is 4. The third kappa shape index (κ3) is 2.75. The van der Waals surface area contributed by atoms with Gasteiger partial charge in [0.05, 0.1) is 11.4 Å². The molecule has 4 heteroatoms. The Morgan fingerprint density at radius 1 is 0.700 bits per heavy atom. The van der Waals surface area contributed by atoms with Gasteiger partial charge >= 0.3 is 0 Å². The molecule has 0 unspecified atom stereocenters. The van der Waals surface area contributed by atoms with E-state index < -0.39 is 0 Å². The number of ether oxygens (including phenoxy) is 1. The summed E-state index contributed by atoms with van der Waals surface area (Å²) in [6.45, 7) is 0. The van der Waals surface area contributed by atoms with Gasteiger partial charge in [0, 0.05) is 12.4 Å². The molecule has 4 nitrogen and oxygen atoms in total. The van der Waals surface area contributed by atoms with Crippen molar-refractivity contribution in [3.8, 4) is 11.5 Å². The molecule has 4 rings (SSSR count). The Labute approximate surface area is 117 Å². The van der Waals surface area contributed by atoms with Crippen LogP contribution in [0.1, 0.15) is 0 Å². The molecule has 2 heterocycles. The molecule has 0 amide bonds. The van der Waals surface area contributed by atoms with Crippen LogP contribution in [-0.2, 0) is 0 Å². The van der Waals surface area contributed by atoms with Gasteiger partial charge in [0.15, 0.2) is 11.5 Å². The number of aromatic nitrogens is 2. The molecule has 0 spiro atoms. The highest BCUT2D eigenvalue weighted by Crippen LogP contribution is 2.40. The van der Waals surface area contributed by atoms with Crippen molar-refractivity contribution in [1.29, 1.82) is 0 Å². The van der Waals surface area contributed by atoms with E-state index in [1.54, 1.807) is 18.5 Å². The van der Waals surface area contributed by atoms with E-state index in [1.807, 2.05) is 48.5 Å². The summed E-state index contributed by atoms with van der Waals surface area (Å²) in [5.41, 5.74) is 2.04. The van der Waals surface area contributed by atoms with E-state index in [9.17, 15) is 0 Å². The van der Waals surface area contributed by atoms with Crippen molar-refractivity contribution >= 4 is 11.4 Å². The number of fused-ring (bicyclic) bond motifs is 2. The first-order valence-electron chi connectivity index (χ1n) is 6.26. The molecule has 0 bridgehead atoms. The summed E-state index contributed by atoms with van der Waals surface area (Å²) in [6.07, 6.45) is 4.88. The largest absolute Gasteiger partial charge is 0.453 e. The number of hydrogen-bond donors (Lipinski definition) is 1. The van der Waals surface area contributed by atoms with Crippen LogP contribution in [0, 0.1) is 0 Å². The molecule has 3 aromatic rings. The SMILES string of the molecule is c1ccc2c(c1)Nc1ccccc1O2.c1cncnc1. The molecule has 20 heavy (non-hydrogen) atoms. The minimum absolute atomic E-state index is 0.881. The summed E-state index contributed by atoms with van der Waals surface area (Å²) in [4.78, 5) is 7.35. The maximum Gasteiger partial charge on any atom is 0.150 e. The van der Waals surface area contributed by atoms with Gasteiger partial charge in [-0.15, -0.1) is 0 Å². The van der Waals surface area contributed by atoms with Gasteiger partial charge in [0.1, 0.15) is 6.33 Å². The van der Waals surface area contributed by atoms with Crippen LogP contribution in [0.25, 0.3) is 0 Å². The zero-order valence-corrected chi connectivity index (χ0v) is 10.7. The molecular weight excluding hydrogens is 250 g/mol.